The van der Waals surface area contributed by atoms with E-state index in [4.69, 9.17) is 19.9 Å². The molecule has 6 heteroatoms. The topological polar surface area (TPSA) is 79.5 Å². The number of benzene rings is 1. The largest absolute Gasteiger partial charge is 0.478 e. The zero-order valence-corrected chi connectivity index (χ0v) is 11.6. The second-order valence-electron chi connectivity index (χ2n) is 4.37. The summed E-state index contributed by atoms with van der Waals surface area (Å²) < 4.78 is 16.0. The summed E-state index contributed by atoms with van der Waals surface area (Å²) >= 11 is 0. The highest BCUT2D eigenvalue weighted by Crippen LogP contribution is 2.32. The maximum Gasteiger partial charge on any atom is 0.231 e. The molecule has 21 heavy (non-hydrogen) atoms. The molecule has 1 aromatic carbocycles. The maximum atomic E-state index is 5.66. The van der Waals surface area contributed by atoms with Gasteiger partial charge in [0, 0.05) is 6.07 Å². The van der Waals surface area contributed by atoms with Crippen LogP contribution in [0.5, 0.6) is 17.4 Å². The minimum atomic E-state index is 0.186. The van der Waals surface area contributed by atoms with Gasteiger partial charge in [0.1, 0.15) is 0 Å². The number of nitrogens with zero attached hydrogens (tertiary/aromatic N) is 2. The monoisotopic (exact) mass is 285 g/mol. The number of aromatic nitrogens is 2. The van der Waals surface area contributed by atoms with Gasteiger partial charge in [-0.05, 0) is 30.7 Å². The molecule has 2 heterocycles. The van der Waals surface area contributed by atoms with Gasteiger partial charge in [-0.2, -0.15) is 4.98 Å². The Hall–Kier alpha value is -2.76. The summed E-state index contributed by atoms with van der Waals surface area (Å²) in [4.78, 5) is 8.15. The molecule has 0 atom stereocenters. The van der Waals surface area contributed by atoms with Crippen molar-refractivity contribution in [2.24, 2.45) is 0 Å². The smallest absolute Gasteiger partial charge is 0.231 e. The van der Waals surface area contributed by atoms with Crippen LogP contribution in [0.15, 0.2) is 24.3 Å². The van der Waals surface area contributed by atoms with Gasteiger partial charge >= 0.3 is 0 Å². The first kappa shape index (κ1) is 13.2. The Bertz CT molecular complexity index is 686. The number of ether oxygens (including phenoxy) is 3. The molecule has 2 N–H and O–H groups in total. The molecule has 0 saturated heterocycles. The van der Waals surface area contributed by atoms with Crippen molar-refractivity contribution in [3.8, 4) is 17.4 Å². The Kier molecular flexibility index (Phi) is 3.59. The molecule has 0 radical (unpaired) electrons. The summed E-state index contributed by atoms with van der Waals surface area (Å²) in [5, 5.41) is 0. The highest BCUT2D eigenvalue weighted by Gasteiger charge is 2.12. The number of nitrogen functional groups attached to an aromatic ring is 1. The quantitative estimate of drug-likeness (QED) is 0.929. The van der Waals surface area contributed by atoms with Gasteiger partial charge in [0.05, 0.1) is 12.3 Å². The van der Waals surface area contributed by atoms with Crippen LogP contribution < -0.4 is 19.9 Å². The van der Waals surface area contributed by atoms with Gasteiger partial charge in [-0.3, -0.25) is 0 Å². The van der Waals surface area contributed by atoms with Gasteiger partial charge in [-0.1, -0.05) is 12.1 Å². The average molecular weight is 285 g/mol. The van der Waals surface area contributed by atoms with Crippen molar-refractivity contribution in [2.45, 2.75) is 6.92 Å². The van der Waals surface area contributed by atoms with E-state index in [-0.39, 0.29) is 12.7 Å². The van der Waals surface area contributed by atoms with Gasteiger partial charge in [-0.15, -0.1) is 0 Å². The molecule has 0 aliphatic carbocycles. The molecule has 1 aliphatic heterocycles. The molecule has 0 fully saturated rings. The summed E-state index contributed by atoms with van der Waals surface area (Å²) in [6, 6.07) is 7.47. The molecule has 6 nitrogen and oxygen atoms in total. The number of nitrogens with two attached hydrogens (primary N) is 1. The van der Waals surface area contributed by atoms with E-state index in [1.807, 2.05) is 37.3 Å². The summed E-state index contributed by atoms with van der Waals surface area (Å²) in [5.74, 6) is 2.16. The fourth-order valence-corrected chi connectivity index (χ4v) is 1.97. The van der Waals surface area contributed by atoms with Crippen molar-refractivity contribution in [3.05, 3.63) is 35.5 Å². The van der Waals surface area contributed by atoms with Gasteiger partial charge in [0.15, 0.2) is 11.5 Å². The standard InChI is InChI=1S/C15H15N3O3/c1-2-19-14-8-11(17-15(16)18-14)5-3-10-4-6-12-13(7-10)21-9-20-12/h3-8H,2,9H2,1H3,(H2,16,17,18)/b5-3+. The summed E-state index contributed by atoms with van der Waals surface area (Å²) in [6.45, 7) is 2.69. The molecule has 0 amide bonds. The van der Waals surface area contributed by atoms with E-state index in [1.54, 1.807) is 6.07 Å². The molecule has 1 aromatic heterocycles. The van der Waals surface area contributed by atoms with Crippen LogP contribution in [0.1, 0.15) is 18.2 Å². The molecule has 0 saturated carbocycles. The van der Waals surface area contributed by atoms with Crippen LogP contribution in [0.4, 0.5) is 5.95 Å². The van der Waals surface area contributed by atoms with Crippen LogP contribution in [-0.2, 0) is 0 Å². The predicted octanol–water partition coefficient (Wildman–Crippen LogP) is 2.36. The van der Waals surface area contributed by atoms with Gasteiger partial charge in [0.2, 0.25) is 18.6 Å². The number of hydrogen-bond donors (Lipinski definition) is 1. The molecule has 3 rings (SSSR count). The molecule has 0 bridgehead atoms. The lowest BCUT2D eigenvalue weighted by molar-refractivity contribution is 0.174. The van der Waals surface area contributed by atoms with E-state index in [9.17, 15) is 0 Å². The van der Waals surface area contributed by atoms with Crippen LogP contribution in [0.3, 0.4) is 0 Å². The second-order valence-corrected chi connectivity index (χ2v) is 4.37. The predicted molar refractivity (Wildman–Crippen MR) is 79.1 cm³/mol. The van der Waals surface area contributed by atoms with Crippen molar-refractivity contribution >= 4 is 18.1 Å². The Balaban J connectivity index is 1.82. The van der Waals surface area contributed by atoms with E-state index in [0.717, 1.165) is 17.1 Å². The summed E-state index contributed by atoms with van der Waals surface area (Å²) in [7, 11) is 0. The van der Waals surface area contributed by atoms with Crippen LogP contribution in [0.25, 0.3) is 12.2 Å². The van der Waals surface area contributed by atoms with E-state index < -0.39 is 0 Å². The zero-order chi connectivity index (χ0) is 14.7. The Morgan fingerprint density at radius 3 is 2.90 bits per heavy atom. The van der Waals surface area contributed by atoms with Crippen molar-refractivity contribution in [3.63, 3.8) is 0 Å². The third-order valence-electron chi connectivity index (χ3n) is 2.88. The summed E-state index contributed by atoms with van der Waals surface area (Å²) in [6.07, 6.45) is 3.76. The minimum Gasteiger partial charge on any atom is -0.478 e. The van der Waals surface area contributed by atoms with Crippen LogP contribution >= 0.6 is 0 Å². The average Bonchev–Trinajstić information content (AvgIpc) is 2.92. The van der Waals surface area contributed by atoms with Crippen molar-refractivity contribution in [2.75, 3.05) is 19.1 Å². The maximum absolute atomic E-state index is 5.66. The summed E-state index contributed by atoms with van der Waals surface area (Å²) in [5.41, 5.74) is 7.32. The lowest BCUT2D eigenvalue weighted by Gasteiger charge is -2.03. The van der Waals surface area contributed by atoms with E-state index in [2.05, 4.69) is 9.97 Å². The normalized spacial score (nSPS) is 12.8. The third-order valence-corrected chi connectivity index (χ3v) is 2.88. The van der Waals surface area contributed by atoms with Crippen molar-refractivity contribution in [1.82, 2.24) is 9.97 Å². The van der Waals surface area contributed by atoms with E-state index >= 15 is 0 Å². The van der Waals surface area contributed by atoms with Gasteiger partial charge in [0.25, 0.3) is 0 Å². The van der Waals surface area contributed by atoms with Crippen LogP contribution in [-0.4, -0.2) is 23.4 Å². The molecular weight excluding hydrogens is 270 g/mol. The Morgan fingerprint density at radius 2 is 2.05 bits per heavy atom. The lowest BCUT2D eigenvalue weighted by Crippen LogP contribution is -2.01. The first-order chi connectivity index (χ1) is 10.2. The minimum absolute atomic E-state index is 0.186. The zero-order valence-electron chi connectivity index (χ0n) is 11.6. The highest BCUT2D eigenvalue weighted by molar-refractivity contribution is 5.70. The first-order valence-electron chi connectivity index (χ1n) is 6.59. The fourth-order valence-electron chi connectivity index (χ4n) is 1.97. The third kappa shape index (κ3) is 3.05. The molecule has 0 unspecified atom stereocenters. The number of anilines is 1. The molecular formula is C15H15N3O3. The fraction of sp³-hybridized carbons (Fsp3) is 0.200. The van der Waals surface area contributed by atoms with Gasteiger partial charge < -0.3 is 19.9 Å². The number of hydrogen-bond acceptors (Lipinski definition) is 6. The highest BCUT2D eigenvalue weighted by atomic mass is 16.7. The number of fused-ring (bicyclic) bond motifs is 1. The van der Waals surface area contributed by atoms with E-state index in [1.165, 1.54) is 0 Å². The first-order valence-corrected chi connectivity index (χ1v) is 6.59. The Morgan fingerprint density at radius 1 is 1.19 bits per heavy atom. The van der Waals surface area contributed by atoms with Crippen LogP contribution in [0, 0.1) is 0 Å². The molecule has 2 aromatic rings. The van der Waals surface area contributed by atoms with Crippen molar-refractivity contribution in [1.29, 1.82) is 0 Å². The molecule has 108 valence electrons. The molecule has 1 aliphatic rings. The van der Waals surface area contributed by atoms with Crippen molar-refractivity contribution < 1.29 is 14.2 Å². The molecule has 0 spiro atoms. The Labute approximate surface area is 122 Å². The van der Waals surface area contributed by atoms with E-state index in [0.29, 0.717) is 18.2 Å². The van der Waals surface area contributed by atoms with Gasteiger partial charge in [-0.25, -0.2) is 4.98 Å². The SMILES string of the molecule is CCOc1cc(/C=C/c2ccc3c(c2)OCO3)nc(N)n1. The van der Waals surface area contributed by atoms with Crippen LogP contribution in [0.2, 0.25) is 0 Å². The number of rotatable bonds is 4. The lowest BCUT2D eigenvalue weighted by atomic mass is 10.2. The second kappa shape index (κ2) is 5.70.